The van der Waals surface area contributed by atoms with Gasteiger partial charge in [0, 0.05) is 78.0 Å². The number of carbonyl (C=O) groups excluding carboxylic acids is 3. The molecule has 49 heavy (non-hydrogen) atoms. The Balaban J connectivity index is 2.65. The van der Waals surface area contributed by atoms with E-state index >= 15 is 0 Å². The fourth-order valence-corrected chi connectivity index (χ4v) is 3.12. The molecule has 1 rings (SSSR count). The molecular weight excluding hydrogens is 616 g/mol. The maximum atomic E-state index is 12.4. The monoisotopic (exact) mass is 644 g/mol. The van der Waals surface area contributed by atoms with Gasteiger partial charge in [-0.15, -0.1) is 6.42 Å². The van der Waals surface area contributed by atoms with Gasteiger partial charge in [0.2, 0.25) is 0 Å². The number of amides is 2. The zero-order chi connectivity index (χ0) is 36.4. The van der Waals surface area contributed by atoms with Gasteiger partial charge in [-0.1, -0.05) is 24.3 Å². The van der Waals surface area contributed by atoms with Crippen LogP contribution < -0.4 is 10.6 Å². The van der Waals surface area contributed by atoms with Crippen LogP contribution in [0.4, 0.5) is 9.59 Å². The molecule has 8 nitrogen and oxygen atoms in total. The summed E-state index contributed by atoms with van der Waals surface area (Å²) in [4.78, 5) is 35.8. The average Bonchev–Trinajstić information content (AvgIpc) is 3.04. The third-order valence-electron chi connectivity index (χ3n) is 5.36. The number of rotatable bonds is 7. The molecule has 1 atom stereocenters. The number of ether oxygens (including phenoxy) is 3. The minimum atomic E-state index is -0.870. The topological polar surface area (TPSA) is 103 Å². The summed E-state index contributed by atoms with van der Waals surface area (Å²) in [6.45, 7) is 9.99. The summed E-state index contributed by atoms with van der Waals surface area (Å²) in [7, 11) is 0. The summed E-state index contributed by atoms with van der Waals surface area (Å²) in [6.07, 6.45) is 5.05. The first-order valence-electron chi connectivity index (χ1n) is 14.0. The number of hydrogen-bond donors (Lipinski definition) is 2. The van der Waals surface area contributed by atoms with Gasteiger partial charge in [0.1, 0.15) is 18.8 Å². The van der Waals surface area contributed by atoms with E-state index in [1.165, 1.54) is 6.92 Å². The van der Waals surface area contributed by atoms with Crippen molar-refractivity contribution in [2.24, 2.45) is 0 Å². The number of nitrogens with one attached hydrogen (secondary N) is 2. The van der Waals surface area contributed by atoms with Gasteiger partial charge in [-0.3, -0.25) is 4.79 Å². The Morgan fingerprint density at radius 1 is 0.673 bits per heavy atom. The van der Waals surface area contributed by atoms with Crippen LogP contribution in [0, 0.1) is 131 Å². The smallest absolute Gasteiger partial charge is 0.421 e. The summed E-state index contributed by atoms with van der Waals surface area (Å²) in [5, 5.41) is 5.54. The fraction of sp³-hybridized carbons (Fsp3) is 0.244. The van der Waals surface area contributed by atoms with Gasteiger partial charge in [0.25, 0.3) is 0 Å². The molecule has 0 bridgehead atoms. The minimum Gasteiger partial charge on any atom is -0.462 e. The molecule has 2 amide bonds. The highest BCUT2D eigenvalue weighted by molar-refractivity contribution is 5.70. The van der Waals surface area contributed by atoms with Crippen molar-refractivity contribution in [3.63, 3.8) is 0 Å². The van der Waals surface area contributed by atoms with Crippen LogP contribution in [0.5, 0.6) is 0 Å². The molecule has 0 spiro atoms. The SMILES string of the molecule is C#CC#CC#CC#CC#CC#CC#CC#CC#CC#CC#COC(=O)NC(C)(C)c1cccc(C(C)(C)NC(=O)OC(C)COC(C)=O)c1. The van der Waals surface area contributed by atoms with Crippen molar-refractivity contribution in [2.45, 2.75) is 58.7 Å². The third kappa shape index (κ3) is 18.7. The summed E-state index contributed by atoms with van der Waals surface area (Å²) in [6, 6.07) is 7.29. The lowest BCUT2D eigenvalue weighted by molar-refractivity contribution is -0.143. The zero-order valence-electron chi connectivity index (χ0n) is 27.6. The Kier molecular flexibility index (Phi) is 17.7. The molecule has 0 saturated carbocycles. The molecule has 0 aliphatic heterocycles. The molecule has 2 N–H and O–H groups in total. The van der Waals surface area contributed by atoms with E-state index in [-0.39, 0.29) is 6.61 Å². The summed E-state index contributed by atoms with van der Waals surface area (Å²) >= 11 is 0. The van der Waals surface area contributed by atoms with Crippen molar-refractivity contribution in [3.8, 4) is 131 Å². The fourth-order valence-electron chi connectivity index (χ4n) is 3.12. The van der Waals surface area contributed by atoms with E-state index in [4.69, 9.17) is 20.6 Å². The first-order valence-corrected chi connectivity index (χ1v) is 14.0. The van der Waals surface area contributed by atoms with E-state index in [1.807, 2.05) is 18.2 Å². The highest BCUT2D eigenvalue weighted by atomic mass is 16.6. The number of carbonyl (C=O) groups is 3. The van der Waals surface area contributed by atoms with Gasteiger partial charge in [-0.2, -0.15) is 0 Å². The lowest BCUT2D eigenvalue weighted by Gasteiger charge is -2.30. The minimum absolute atomic E-state index is 0.0524. The highest BCUT2D eigenvalue weighted by Crippen LogP contribution is 2.27. The number of benzene rings is 1. The Bertz CT molecular complexity index is 2140. The van der Waals surface area contributed by atoms with Crippen molar-refractivity contribution in [1.82, 2.24) is 10.6 Å². The van der Waals surface area contributed by atoms with E-state index in [0.29, 0.717) is 0 Å². The maximum absolute atomic E-state index is 12.4. The molecule has 0 heterocycles. The van der Waals surface area contributed by atoms with Crippen LogP contribution in [0.2, 0.25) is 0 Å². The van der Waals surface area contributed by atoms with E-state index in [2.05, 4.69) is 135 Å². The van der Waals surface area contributed by atoms with Gasteiger partial charge in [-0.05, 0) is 93.1 Å². The van der Waals surface area contributed by atoms with Crippen LogP contribution in [-0.4, -0.2) is 30.9 Å². The Morgan fingerprint density at radius 3 is 1.47 bits per heavy atom. The normalized spacial score (nSPS) is 8.84. The number of esters is 1. The molecule has 0 radical (unpaired) electrons. The molecule has 1 aromatic rings. The van der Waals surface area contributed by atoms with E-state index in [9.17, 15) is 14.4 Å². The van der Waals surface area contributed by atoms with Gasteiger partial charge < -0.3 is 24.8 Å². The van der Waals surface area contributed by atoms with Crippen molar-refractivity contribution in [3.05, 3.63) is 35.4 Å². The molecule has 8 heteroatoms. The Hall–Kier alpha value is -7.61. The van der Waals surface area contributed by atoms with Crippen molar-refractivity contribution >= 4 is 18.2 Å². The first kappa shape index (κ1) is 39.4. The van der Waals surface area contributed by atoms with Crippen molar-refractivity contribution in [1.29, 1.82) is 0 Å². The number of hydrogen-bond acceptors (Lipinski definition) is 6. The number of terminal acetylenes is 1. The highest BCUT2D eigenvalue weighted by Gasteiger charge is 2.28. The molecule has 238 valence electrons. The second-order valence-corrected chi connectivity index (χ2v) is 10.1. The molecule has 1 aromatic carbocycles. The predicted octanol–water partition coefficient (Wildman–Crippen LogP) is 3.19. The van der Waals surface area contributed by atoms with Gasteiger partial charge in [0.05, 0.1) is 11.1 Å². The average molecular weight is 645 g/mol. The Morgan fingerprint density at radius 2 is 1.06 bits per heavy atom. The van der Waals surface area contributed by atoms with Crippen LogP contribution in [0.3, 0.4) is 0 Å². The van der Waals surface area contributed by atoms with Crippen LogP contribution in [-0.2, 0) is 30.1 Å². The van der Waals surface area contributed by atoms with Crippen molar-refractivity contribution in [2.75, 3.05) is 6.61 Å². The van der Waals surface area contributed by atoms with Crippen LogP contribution in [0.1, 0.15) is 52.7 Å². The Labute approximate surface area is 288 Å². The first-order chi connectivity index (χ1) is 23.4. The van der Waals surface area contributed by atoms with Gasteiger partial charge >= 0.3 is 18.2 Å². The second kappa shape index (κ2) is 22.0. The van der Waals surface area contributed by atoms with Crippen LogP contribution >= 0.6 is 0 Å². The maximum Gasteiger partial charge on any atom is 0.421 e. The van der Waals surface area contributed by atoms with Crippen molar-refractivity contribution < 1.29 is 28.6 Å². The number of alkyl carbamates (subject to hydrolysis) is 2. The summed E-state index contributed by atoms with van der Waals surface area (Å²) < 4.78 is 15.0. The molecule has 0 aromatic heterocycles. The largest absolute Gasteiger partial charge is 0.462 e. The molecule has 1 unspecified atom stereocenters. The predicted molar refractivity (Wildman–Crippen MR) is 184 cm³/mol. The third-order valence-corrected chi connectivity index (χ3v) is 5.36. The second-order valence-electron chi connectivity index (χ2n) is 10.1. The molecule has 0 aliphatic carbocycles. The molecule has 0 saturated heterocycles. The summed E-state index contributed by atoms with van der Waals surface area (Å²) in [5.41, 5.74) is -0.225. The van der Waals surface area contributed by atoms with E-state index in [0.717, 1.165) is 11.1 Å². The quantitative estimate of drug-likeness (QED) is 0.269. The summed E-state index contributed by atoms with van der Waals surface area (Å²) in [5.74, 6) is 48.2. The standard InChI is InChI=1S/C41H28N2O6/c1-8-9-10-11-12-13-14-15-16-17-18-19-20-21-22-23-24-25-26-27-31-47-38(45)42-40(4,5)36-29-28-30-37(32-36)41(6,7)43-39(46)49-34(2)33-48-35(3)44/h1,28-30,32,34H,33H2,2-7H3,(H,42,45)(H,43,46). The van der Waals surface area contributed by atoms with Gasteiger partial charge in [-0.25, -0.2) is 9.59 Å². The lowest BCUT2D eigenvalue weighted by Crippen LogP contribution is -2.44. The van der Waals surface area contributed by atoms with E-state index < -0.39 is 35.3 Å². The van der Waals surface area contributed by atoms with E-state index in [1.54, 1.807) is 40.7 Å². The molecule has 0 aliphatic rings. The lowest BCUT2D eigenvalue weighted by atomic mass is 9.87. The zero-order valence-corrected chi connectivity index (χ0v) is 27.6. The molecule has 0 fully saturated rings. The van der Waals surface area contributed by atoms with Crippen LogP contribution in [0.15, 0.2) is 24.3 Å². The van der Waals surface area contributed by atoms with Gasteiger partial charge in [0.15, 0.2) is 0 Å². The van der Waals surface area contributed by atoms with Crippen LogP contribution in [0.25, 0.3) is 0 Å². The molecular formula is C41H28N2O6.